The van der Waals surface area contributed by atoms with Gasteiger partial charge in [0.05, 0.1) is 0 Å². The Hall–Kier alpha value is -0.810. The summed E-state index contributed by atoms with van der Waals surface area (Å²) in [4.78, 5) is 13.7. The molecular weight excluding hydrogens is 254 g/mol. The Morgan fingerprint density at radius 2 is 1.75 bits per heavy atom. The van der Waals surface area contributed by atoms with Gasteiger partial charge in [0.1, 0.15) is 5.60 Å². The van der Waals surface area contributed by atoms with Crippen molar-refractivity contribution in [3.63, 3.8) is 0 Å². The fourth-order valence-electron chi connectivity index (χ4n) is 1.55. The van der Waals surface area contributed by atoms with Gasteiger partial charge in [-0.3, -0.25) is 0 Å². The van der Waals surface area contributed by atoms with Crippen molar-refractivity contribution in [3.8, 4) is 0 Å². The molecule has 20 heavy (non-hydrogen) atoms. The SMILES string of the molecule is CC(C)N(C)CCCNCCCNC(=O)OC(C)(C)C. The number of ether oxygens (including phenoxy) is 1. The van der Waals surface area contributed by atoms with Crippen molar-refractivity contribution >= 4 is 6.09 Å². The number of nitrogens with one attached hydrogen (secondary N) is 2. The largest absolute Gasteiger partial charge is 0.444 e. The molecule has 5 nitrogen and oxygen atoms in total. The summed E-state index contributed by atoms with van der Waals surface area (Å²) >= 11 is 0. The maximum Gasteiger partial charge on any atom is 0.407 e. The quantitative estimate of drug-likeness (QED) is 0.639. The maximum atomic E-state index is 11.4. The molecule has 0 aromatic rings. The minimum atomic E-state index is -0.426. The van der Waals surface area contributed by atoms with Crippen LogP contribution in [0.25, 0.3) is 0 Å². The lowest BCUT2D eigenvalue weighted by molar-refractivity contribution is 0.0527. The van der Waals surface area contributed by atoms with Crippen LogP contribution in [0.2, 0.25) is 0 Å². The highest BCUT2D eigenvalue weighted by Crippen LogP contribution is 2.06. The molecule has 0 saturated carbocycles. The van der Waals surface area contributed by atoms with Gasteiger partial charge in [0.25, 0.3) is 0 Å². The Kier molecular flexibility index (Phi) is 9.59. The third-order valence-corrected chi connectivity index (χ3v) is 2.94. The molecule has 0 aliphatic carbocycles. The van der Waals surface area contributed by atoms with Crippen molar-refractivity contribution in [2.45, 2.75) is 59.1 Å². The van der Waals surface area contributed by atoms with Gasteiger partial charge < -0.3 is 20.3 Å². The van der Waals surface area contributed by atoms with Crippen LogP contribution in [0.5, 0.6) is 0 Å². The first kappa shape index (κ1) is 19.2. The van der Waals surface area contributed by atoms with Crippen LogP contribution in [0.15, 0.2) is 0 Å². The van der Waals surface area contributed by atoms with Crippen LogP contribution in [0.4, 0.5) is 4.79 Å². The molecular formula is C15H33N3O2. The van der Waals surface area contributed by atoms with E-state index in [9.17, 15) is 4.79 Å². The average Bonchev–Trinajstić information content (AvgIpc) is 2.29. The molecule has 0 bridgehead atoms. The summed E-state index contributed by atoms with van der Waals surface area (Å²) in [6.07, 6.45) is 1.73. The van der Waals surface area contributed by atoms with Crippen LogP contribution < -0.4 is 10.6 Å². The lowest BCUT2D eigenvalue weighted by atomic mass is 10.2. The first-order valence-electron chi connectivity index (χ1n) is 7.60. The molecule has 0 unspecified atom stereocenters. The number of hydrogen-bond acceptors (Lipinski definition) is 4. The molecule has 0 saturated heterocycles. The van der Waals surface area contributed by atoms with E-state index in [1.54, 1.807) is 0 Å². The fourth-order valence-corrected chi connectivity index (χ4v) is 1.55. The summed E-state index contributed by atoms with van der Waals surface area (Å²) in [6, 6.07) is 0.605. The third-order valence-electron chi connectivity index (χ3n) is 2.94. The molecule has 0 heterocycles. The van der Waals surface area contributed by atoms with Gasteiger partial charge >= 0.3 is 6.09 Å². The summed E-state index contributed by atoms with van der Waals surface area (Å²) in [5.74, 6) is 0. The Bertz CT molecular complexity index is 262. The van der Waals surface area contributed by atoms with E-state index < -0.39 is 5.60 Å². The van der Waals surface area contributed by atoms with Crippen molar-refractivity contribution < 1.29 is 9.53 Å². The topological polar surface area (TPSA) is 53.6 Å². The van der Waals surface area contributed by atoms with Crippen LogP contribution >= 0.6 is 0 Å². The minimum Gasteiger partial charge on any atom is -0.444 e. The van der Waals surface area contributed by atoms with Crippen molar-refractivity contribution in [1.82, 2.24) is 15.5 Å². The van der Waals surface area contributed by atoms with Crippen LogP contribution in [-0.2, 0) is 4.74 Å². The predicted octanol–water partition coefficient (Wildman–Crippen LogP) is 2.22. The Labute approximate surface area is 124 Å². The zero-order chi connectivity index (χ0) is 15.6. The Balaban J connectivity index is 3.35. The van der Waals surface area contributed by atoms with Gasteiger partial charge in [-0.25, -0.2) is 4.79 Å². The Morgan fingerprint density at radius 3 is 2.30 bits per heavy atom. The summed E-state index contributed by atoms with van der Waals surface area (Å²) in [7, 11) is 2.15. The van der Waals surface area contributed by atoms with Gasteiger partial charge in [0, 0.05) is 12.6 Å². The number of carbonyl (C=O) groups is 1. The molecule has 0 fully saturated rings. The lowest BCUT2D eigenvalue weighted by Gasteiger charge is -2.20. The number of nitrogens with zero attached hydrogens (tertiary/aromatic N) is 1. The van der Waals surface area contributed by atoms with Gasteiger partial charge in [-0.2, -0.15) is 0 Å². The summed E-state index contributed by atoms with van der Waals surface area (Å²) < 4.78 is 5.16. The van der Waals surface area contributed by atoms with Crippen LogP contribution in [0.1, 0.15) is 47.5 Å². The summed E-state index contributed by atoms with van der Waals surface area (Å²) in [6.45, 7) is 13.7. The van der Waals surface area contributed by atoms with E-state index in [1.807, 2.05) is 20.8 Å². The van der Waals surface area contributed by atoms with Crippen molar-refractivity contribution in [2.24, 2.45) is 0 Å². The number of amides is 1. The van der Waals surface area contributed by atoms with E-state index in [-0.39, 0.29) is 6.09 Å². The van der Waals surface area contributed by atoms with Crippen molar-refractivity contribution in [3.05, 3.63) is 0 Å². The van der Waals surface area contributed by atoms with E-state index in [2.05, 4.69) is 36.4 Å². The van der Waals surface area contributed by atoms with Crippen LogP contribution in [-0.4, -0.2) is 55.9 Å². The number of rotatable bonds is 9. The smallest absolute Gasteiger partial charge is 0.407 e. The second-order valence-electron chi connectivity index (χ2n) is 6.46. The number of alkyl carbamates (subject to hydrolysis) is 1. The zero-order valence-electron chi connectivity index (χ0n) is 14.1. The summed E-state index contributed by atoms with van der Waals surface area (Å²) in [5, 5.41) is 6.14. The third kappa shape index (κ3) is 12.2. The first-order chi connectivity index (χ1) is 9.22. The number of hydrogen-bond donors (Lipinski definition) is 2. The van der Waals surface area contributed by atoms with E-state index in [0.29, 0.717) is 12.6 Å². The van der Waals surface area contributed by atoms with Crippen molar-refractivity contribution in [2.75, 3.05) is 33.2 Å². The molecule has 0 atom stereocenters. The molecule has 2 N–H and O–H groups in total. The van der Waals surface area contributed by atoms with E-state index in [1.165, 1.54) is 0 Å². The maximum absolute atomic E-state index is 11.4. The van der Waals surface area contributed by atoms with E-state index >= 15 is 0 Å². The zero-order valence-corrected chi connectivity index (χ0v) is 14.1. The second-order valence-corrected chi connectivity index (χ2v) is 6.46. The number of carbonyl (C=O) groups excluding carboxylic acids is 1. The monoisotopic (exact) mass is 287 g/mol. The van der Waals surface area contributed by atoms with Gasteiger partial charge in [-0.05, 0) is 74.1 Å². The van der Waals surface area contributed by atoms with Gasteiger partial charge in [0.15, 0.2) is 0 Å². The highest BCUT2D eigenvalue weighted by atomic mass is 16.6. The molecule has 0 aromatic heterocycles. The Morgan fingerprint density at radius 1 is 1.15 bits per heavy atom. The lowest BCUT2D eigenvalue weighted by Crippen LogP contribution is -2.34. The molecule has 0 rings (SSSR count). The minimum absolute atomic E-state index is 0.337. The first-order valence-corrected chi connectivity index (χ1v) is 7.60. The van der Waals surface area contributed by atoms with Gasteiger partial charge in [0.2, 0.25) is 0 Å². The molecule has 1 amide bonds. The van der Waals surface area contributed by atoms with Crippen LogP contribution in [0.3, 0.4) is 0 Å². The second kappa shape index (κ2) is 10.00. The highest BCUT2D eigenvalue weighted by molar-refractivity contribution is 5.67. The fraction of sp³-hybridized carbons (Fsp3) is 0.933. The predicted molar refractivity (Wildman–Crippen MR) is 84.1 cm³/mol. The van der Waals surface area contributed by atoms with Crippen molar-refractivity contribution in [1.29, 1.82) is 0 Å². The summed E-state index contributed by atoms with van der Waals surface area (Å²) in [5.41, 5.74) is -0.426. The molecule has 5 heteroatoms. The van der Waals surface area contributed by atoms with E-state index in [4.69, 9.17) is 4.74 Å². The molecule has 0 radical (unpaired) electrons. The molecule has 0 aromatic carbocycles. The van der Waals surface area contributed by atoms with Crippen LogP contribution in [0, 0.1) is 0 Å². The molecule has 0 aliphatic heterocycles. The molecule has 0 aliphatic rings. The highest BCUT2D eigenvalue weighted by Gasteiger charge is 2.15. The molecule has 0 spiro atoms. The molecule has 120 valence electrons. The average molecular weight is 287 g/mol. The normalized spacial score (nSPS) is 12.0. The standard InChI is InChI=1S/C15H33N3O2/c1-13(2)18(6)12-8-10-16-9-7-11-17-14(19)20-15(3,4)5/h13,16H,7-12H2,1-6H3,(H,17,19). The van der Waals surface area contributed by atoms with E-state index in [0.717, 1.165) is 32.5 Å². The van der Waals surface area contributed by atoms with Gasteiger partial charge in [-0.1, -0.05) is 0 Å². The van der Waals surface area contributed by atoms with Gasteiger partial charge in [-0.15, -0.1) is 0 Å².